The molecule has 4 atom stereocenters. The molecule has 0 aliphatic heterocycles. The van der Waals surface area contributed by atoms with Crippen molar-refractivity contribution >= 4 is 11.1 Å². The van der Waals surface area contributed by atoms with Crippen molar-refractivity contribution in [2.45, 2.75) is 92.1 Å². The molecule has 3 rings (SSSR count). The van der Waals surface area contributed by atoms with Gasteiger partial charge in [0, 0.05) is 28.4 Å². The van der Waals surface area contributed by atoms with Gasteiger partial charge in [-0.05, 0) is 73.4 Å². The van der Waals surface area contributed by atoms with Gasteiger partial charge in [0.15, 0.2) is 0 Å². The first-order chi connectivity index (χ1) is 17.5. The van der Waals surface area contributed by atoms with E-state index < -0.39 is 0 Å². The molecule has 2 aliphatic carbocycles. The van der Waals surface area contributed by atoms with E-state index in [1.165, 1.54) is 27.8 Å². The summed E-state index contributed by atoms with van der Waals surface area (Å²) in [5.74, 6) is 0. The van der Waals surface area contributed by atoms with Crippen molar-refractivity contribution in [3.8, 4) is 0 Å². The number of hydrogen-bond acceptors (Lipinski definition) is 4. The number of benzene rings is 1. The van der Waals surface area contributed by atoms with Gasteiger partial charge >= 0.3 is 0 Å². The zero-order valence-electron chi connectivity index (χ0n) is 26.0. The lowest BCUT2D eigenvalue weighted by atomic mass is 9.75. The van der Waals surface area contributed by atoms with Crippen LogP contribution in [-0.4, -0.2) is 52.9 Å². The van der Waals surface area contributed by atoms with E-state index in [-0.39, 0.29) is 40.7 Å². The van der Waals surface area contributed by atoms with E-state index in [4.69, 9.17) is 18.9 Å². The van der Waals surface area contributed by atoms with Crippen molar-refractivity contribution in [3.63, 3.8) is 0 Å². The summed E-state index contributed by atoms with van der Waals surface area (Å²) in [5, 5.41) is 0. The molecule has 0 amide bonds. The van der Waals surface area contributed by atoms with Gasteiger partial charge in [-0.15, -0.1) is 0 Å². The summed E-state index contributed by atoms with van der Waals surface area (Å²) in [6.07, 6.45) is 8.50. The Morgan fingerprint density at radius 2 is 0.868 bits per heavy atom. The van der Waals surface area contributed by atoms with Crippen LogP contribution in [0.15, 0.2) is 53.6 Å². The van der Waals surface area contributed by atoms with Crippen LogP contribution in [0.3, 0.4) is 0 Å². The fourth-order valence-electron chi connectivity index (χ4n) is 5.42. The minimum absolute atomic E-state index is 0.0200. The number of allylic oxidation sites excluding steroid dienone is 4. The molecule has 0 saturated carbocycles. The Hall–Kier alpha value is -1.98. The van der Waals surface area contributed by atoms with E-state index in [9.17, 15) is 0 Å². The molecular formula is C34H50O4. The SMILES string of the molecule is COC1C=C(c2cc(C3=CC(OC)C(OC)C(C(C)(C)C)=C3)cc(C(C)(C)C)c2)C=C(C(C)(C)C)C1OC. The third-order valence-electron chi connectivity index (χ3n) is 7.77. The molecule has 0 spiro atoms. The van der Waals surface area contributed by atoms with E-state index in [0.29, 0.717) is 0 Å². The summed E-state index contributed by atoms with van der Waals surface area (Å²) < 4.78 is 23.7. The largest absolute Gasteiger partial charge is 0.374 e. The second kappa shape index (κ2) is 11.3. The summed E-state index contributed by atoms with van der Waals surface area (Å²) in [6.45, 7) is 20.2. The van der Waals surface area contributed by atoms with Gasteiger partial charge in [0.25, 0.3) is 0 Å². The fourth-order valence-corrected chi connectivity index (χ4v) is 5.42. The van der Waals surface area contributed by atoms with Crippen LogP contribution < -0.4 is 0 Å². The lowest BCUT2D eigenvalue weighted by Crippen LogP contribution is -2.37. The third-order valence-corrected chi connectivity index (χ3v) is 7.77. The summed E-state index contributed by atoms with van der Waals surface area (Å²) in [6, 6.07) is 6.96. The van der Waals surface area contributed by atoms with Crippen molar-refractivity contribution in [2.24, 2.45) is 10.8 Å². The van der Waals surface area contributed by atoms with Crippen molar-refractivity contribution in [2.75, 3.05) is 28.4 Å². The van der Waals surface area contributed by atoms with E-state index in [1.54, 1.807) is 28.4 Å². The van der Waals surface area contributed by atoms with E-state index in [0.717, 1.165) is 11.1 Å². The van der Waals surface area contributed by atoms with Crippen LogP contribution in [0, 0.1) is 10.8 Å². The molecule has 1 aromatic rings. The number of hydrogen-bond donors (Lipinski definition) is 0. The Balaban J connectivity index is 2.26. The van der Waals surface area contributed by atoms with Crippen molar-refractivity contribution in [3.05, 3.63) is 70.3 Å². The fraction of sp³-hybridized carbons (Fsp3) is 0.588. The summed E-state index contributed by atoms with van der Waals surface area (Å²) in [7, 11) is 7.05. The Morgan fingerprint density at radius 3 is 1.13 bits per heavy atom. The van der Waals surface area contributed by atoms with Gasteiger partial charge in [-0.3, -0.25) is 0 Å². The Kier molecular flexibility index (Phi) is 9.05. The molecule has 0 radical (unpaired) electrons. The van der Waals surface area contributed by atoms with Gasteiger partial charge < -0.3 is 18.9 Å². The maximum absolute atomic E-state index is 5.93. The highest BCUT2D eigenvalue weighted by atomic mass is 16.5. The minimum Gasteiger partial charge on any atom is -0.374 e. The van der Waals surface area contributed by atoms with Crippen molar-refractivity contribution in [1.82, 2.24) is 0 Å². The van der Waals surface area contributed by atoms with Gasteiger partial charge in [-0.25, -0.2) is 0 Å². The number of rotatable bonds is 6. The predicted molar refractivity (Wildman–Crippen MR) is 159 cm³/mol. The molecule has 4 unspecified atom stereocenters. The molecule has 0 N–H and O–H groups in total. The second-order valence-corrected chi connectivity index (χ2v) is 13.7. The average Bonchev–Trinajstić information content (AvgIpc) is 2.84. The molecule has 4 heteroatoms. The summed E-state index contributed by atoms with van der Waals surface area (Å²) >= 11 is 0. The average molecular weight is 523 g/mol. The van der Waals surface area contributed by atoms with Crippen LogP contribution in [-0.2, 0) is 24.4 Å². The first kappa shape index (κ1) is 30.6. The normalized spacial score (nSPS) is 25.0. The Bertz CT molecular complexity index is 1050. The van der Waals surface area contributed by atoms with E-state index in [1.807, 2.05) is 0 Å². The highest BCUT2D eigenvalue weighted by Crippen LogP contribution is 2.42. The molecule has 0 aromatic heterocycles. The predicted octanol–water partition coefficient (Wildman–Crippen LogP) is 7.78. The quantitative estimate of drug-likeness (QED) is 0.382. The lowest BCUT2D eigenvalue weighted by molar-refractivity contribution is -0.000461. The number of ether oxygens (including phenoxy) is 4. The monoisotopic (exact) mass is 522 g/mol. The molecule has 4 nitrogen and oxygen atoms in total. The van der Waals surface area contributed by atoms with Crippen LogP contribution in [0.2, 0.25) is 0 Å². The maximum Gasteiger partial charge on any atom is 0.109 e. The van der Waals surface area contributed by atoms with Crippen LogP contribution in [0.4, 0.5) is 0 Å². The Labute approximate surface area is 231 Å². The van der Waals surface area contributed by atoms with Gasteiger partial charge in [0.1, 0.15) is 24.4 Å². The van der Waals surface area contributed by atoms with Crippen LogP contribution in [0.25, 0.3) is 11.1 Å². The van der Waals surface area contributed by atoms with Crippen LogP contribution in [0.1, 0.15) is 79.0 Å². The molecule has 1 aromatic carbocycles. The molecule has 38 heavy (non-hydrogen) atoms. The van der Waals surface area contributed by atoms with Gasteiger partial charge in [0.2, 0.25) is 0 Å². The summed E-state index contributed by atoms with van der Waals surface area (Å²) in [4.78, 5) is 0. The molecule has 2 aliphatic rings. The zero-order chi connectivity index (χ0) is 28.6. The molecule has 0 saturated heterocycles. The number of methoxy groups -OCH3 is 4. The second-order valence-electron chi connectivity index (χ2n) is 13.7. The first-order valence-electron chi connectivity index (χ1n) is 13.7. The molecule has 0 fully saturated rings. The Morgan fingerprint density at radius 1 is 0.500 bits per heavy atom. The van der Waals surface area contributed by atoms with Crippen molar-refractivity contribution in [1.29, 1.82) is 0 Å². The van der Waals surface area contributed by atoms with Gasteiger partial charge in [0.05, 0.1) is 0 Å². The maximum atomic E-state index is 5.93. The molecule has 0 bridgehead atoms. The highest BCUT2D eigenvalue weighted by Gasteiger charge is 2.36. The summed E-state index contributed by atoms with van der Waals surface area (Å²) in [5.41, 5.74) is 8.32. The van der Waals surface area contributed by atoms with Crippen molar-refractivity contribution < 1.29 is 18.9 Å². The van der Waals surface area contributed by atoms with Crippen LogP contribution in [0.5, 0.6) is 0 Å². The lowest BCUT2D eigenvalue weighted by Gasteiger charge is -2.37. The topological polar surface area (TPSA) is 36.9 Å². The minimum atomic E-state index is -0.155. The highest BCUT2D eigenvalue weighted by molar-refractivity contribution is 5.83. The van der Waals surface area contributed by atoms with E-state index in [2.05, 4.69) is 105 Å². The molecular weight excluding hydrogens is 472 g/mol. The van der Waals surface area contributed by atoms with Gasteiger partial charge in [-0.2, -0.15) is 0 Å². The third kappa shape index (κ3) is 6.42. The standard InChI is InChI=1S/C34H50O4/c1-32(2,3)25-15-21(23-17-26(33(4,5)6)30(37-12)28(19-23)35-10)14-22(16-25)24-18-27(34(7,8)9)31(38-13)29(20-24)36-11/h14-20,28-31H,1-13H3. The van der Waals surface area contributed by atoms with E-state index >= 15 is 0 Å². The molecule has 210 valence electrons. The van der Waals surface area contributed by atoms with Crippen LogP contribution >= 0.6 is 0 Å². The molecule has 0 heterocycles. The zero-order valence-corrected chi connectivity index (χ0v) is 26.0. The first-order valence-corrected chi connectivity index (χ1v) is 13.7. The smallest absolute Gasteiger partial charge is 0.109 e. The van der Waals surface area contributed by atoms with Gasteiger partial charge in [-0.1, -0.05) is 86.6 Å².